The third-order valence-corrected chi connectivity index (χ3v) is 6.32. The number of halogens is 3. The van der Waals surface area contributed by atoms with Crippen molar-refractivity contribution in [3.8, 4) is 0 Å². The molecule has 0 aliphatic rings. The summed E-state index contributed by atoms with van der Waals surface area (Å²) in [6.07, 6.45) is 10.5. The van der Waals surface area contributed by atoms with E-state index in [1.54, 1.807) is 13.0 Å². The number of hydrogen-bond acceptors (Lipinski definition) is 1. The number of hydrogen-bond donors (Lipinski definition) is 1. The largest absolute Gasteiger partial charge is 0.358 e. The smallest absolute Gasteiger partial charge is 0.143 e. The van der Waals surface area contributed by atoms with E-state index in [1.165, 1.54) is 29.5 Å². The number of allylic oxidation sites excluding steroid dienone is 4. The van der Waals surface area contributed by atoms with Gasteiger partial charge in [-0.25, -0.2) is 8.78 Å². The van der Waals surface area contributed by atoms with Gasteiger partial charge >= 0.3 is 0 Å². The van der Waals surface area contributed by atoms with Gasteiger partial charge in [0.2, 0.25) is 0 Å². The van der Waals surface area contributed by atoms with Crippen LogP contribution in [0.5, 0.6) is 0 Å². The molecule has 0 aliphatic carbocycles. The van der Waals surface area contributed by atoms with Gasteiger partial charge < -0.3 is 4.98 Å². The van der Waals surface area contributed by atoms with Crippen LogP contribution in [0.25, 0.3) is 17.0 Å². The molecular formula is C31H37ClF2N2. The summed E-state index contributed by atoms with van der Waals surface area (Å²) in [7, 11) is 0. The van der Waals surface area contributed by atoms with Crippen molar-refractivity contribution in [2.45, 2.75) is 66.2 Å². The van der Waals surface area contributed by atoms with Crippen LogP contribution in [-0.2, 0) is 6.42 Å². The van der Waals surface area contributed by atoms with E-state index in [4.69, 9.17) is 11.6 Å². The lowest BCUT2D eigenvalue weighted by Crippen LogP contribution is -2.01. The van der Waals surface area contributed by atoms with E-state index < -0.39 is 0 Å². The molecule has 1 N–H and O–H groups in total. The van der Waals surface area contributed by atoms with Crippen molar-refractivity contribution in [3.05, 3.63) is 99.9 Å². The summed E-state index contributed by atoms with van der Waals surface area (Å²) in [5, 5.41) is 1.21. The molecule has 1 aromatic heterocycles. The zero-order chi connectivity index (χ0) is 26.7. The molecule has 5 heteroatoms. The fourth-order valence-electron chi connectivity index (χ4n) is 3.93. The Labute approximate surface area is 219 Å². The van der Waals surface area contributed by atoms with E-state index in [1.807, 2.05) is 26.0 Å². The number of aliphatic imine (C=N–C) groups is 1. The normalized spacial score (nSPS) is 13.1. The highest BCUT2D eigenvalue weighted by Crippen LogP contribution is 2.35. The van der Waals surface area contributed by atoms with Crippen LogP contribution in [0.15, 0.2) is 71.6 Å². The SMILES string of the molecule is C=Cc1ccc(C(C)c2[nH]c3cc(F)c(Cl)cc3c2CCCC)cc1.C\C=C(F)/C=N/C(C)=C/CC. The van der Waals surface area contributed by atoms with Crippen molar-refractivity contribution in [1.82, 2.24) is 4.98 Å². The van der Waals surface area contributed by atoms with Crippen LogP contribution in [0, 0.1) is 5.82 Å². The Morgan fingerprint density at radius 1 is 1.19 bits per heavy atom. The minimum Gasteiger partial charge on any atom is -0.358 e. The minimum atomic E-state index is -0.382. The first-order valence-electron chi connectivity index (χ1n) is 12.5. The van der Waals surface area contributed by atoms with Crippen molar-refractivity contribution in [3.63, 3.8) is 0 Å². The van der Waals surface area contributed by atoms with Crippen LogP contribution in [-0.4, -0.2) is 11.2 Å². The van der Waals surface area contributed by atoms with Gasteiger partial charge in [-0.1, -0.05) is 87.9 Å². The number of aryl methyl sites for hydroxylation is 1. The van der Waals surface area contributed by atoms with Gasteiger partial charge in [0.25, 0.3) is 0 Å². The third-order valence-electron chi connectivity index (χ3n) is 6.03. The molecule has 0 spiro atoms. The summed E-state index contributed by atoms with van der Waals surface area (Å²) >= 11 is 6.03. The average molecular weight is 511 g/mol. The van der Waals surface area contributed by atoms with E-state index in [-0.39, 0.29) is 22.6 Å². The van der Waals surface area contributed by atoms with E-state index >= 15 is 0 Å². The van der Waals surface area contributed by atoms with Gasteiger partial charge in [0, 0.05) is 28.2 Å². The van der Waals surface area contributed by atoms with Crippen LogP contribution in [0.2, 0.25) is 5.02 Å². The molecule has 0 saturated carbocycles. The van der Waals surface area contributed by atoms with Crippen molar-refractivity contribution < 1.29 is 8.78 Å². The highest BCUT2D eigenvalue weighted by molar-refractivity contribution is 6.31. The maximum Gasteiger partial charge on any atom is 0.143 e. The Morgan fingerprint density at radius 2 is 1.89 bits per heavy atom. The van der Waals surface area contributed by atoms with E-state index in [2.05, 4.69) is 54.7 Å². The standard InChI is InChI=1S/C22H23ClFN.C9H14FN/c1-4-6-7-17-18-12-19(23)20(24)13-21(18)25-22(17)14(3)16-10-8-15(5-2)9-11-16;1-4-6-8(3)11-7-9(10)5-2/h5,8-14,25H,2,4,6-7H2,1,3H3;5-7H,4H2,1-3H3/b;8-6+,9-5+,11-7+. The molecule has 2 nitrogen and oxygen atoms in total. The van der Waals surface area contributed by atoms with Gasteiger partial charge in [0.15, 0.2) is 0 Å². The highest BCUT2D eigenvalue weighted by Gasteiger charge is 2.19. The lowest BCUT2D eigenvalue weighted by atomic mass is 9.92. The Kier molecular flexibility index (Phi) is 11.8. The summed E-state index contributed by atoms with van der Waals surface area (Å²) in [5.41, 5.74) is 6.40. The first kappa shape index (κ1) is 29.3. The van der Waals surface area contributed by atoms with Crippen LogP contribution in [0.4, 0.5) is 8.78 Å². The molecular weight excluding hydrogens is 474 g/mol. The van der Waals surface area contributed by atoms with Crippen molar-refractivity contribution in [2.75, 3.05) is 0 Å². The number of unbranched alkanes of at least 4 members (excludes halogenated alkanes) is 1. The summed E-state index contributed by atoms with van der Waals surface area (Å²) in [6.45, 7) is 13.7. The fourth-order valence-corrected chi connectivity index (χ4v) is 4.10. The number of H-pyrrole nitrogens is 1. The molecule has 1 unspecified atom stereocenters. The molecule has 0 saturated heterocycles. The van der Waals surface area contributed by atoms with Crippen molar-refractivity contribution >= 4 is 34.8 Å². The number of rotatable bonds is 9. The molecule has 0 bridgehead atoms. The summed E-state index contributed by atoms with van der Waals surface area (Å²) in [6, 6.07) is 11.7. The second kappa shape index (κ2) is 14.5. The molecule has 2 aromatic carbocycles. The summed E-state index contributed by atoms with van der Waals surface area (Å²) in [5.74, 6) is -0.485. The number of aromatic amines is 1. The number of aromatic nitrogens is 1. The number of benzene rings is 2. The van der Waals surface area contributed by atoms with Crippen LogP contribution in [0.1, 0.15) is 82.2 Å². The zero-order valence-corrected chi connectivity index (χ0v) is 22.7. The van der Waals surface area contributed by atoms with Gasteiger partial charge in [0.05, 0.1) is 11.2 Å². The molecule has 0 aliphatic heterocycles. The number of fused-ring (bicyclic) bond motifs is 1. The lowest BCUT2D eigenvalue weighted by molar-refractivity contribution is 0.630. The second-order valence-electron chi connectivity index (χ2n) is 8.71. The first-order valence-corrected chi connectivity index (χ1v) is 12.9. The predicted octanol–water partition coefficient (Wildman–Crippen LogP) is 10.3. The van der Waals surface area contributed by atoms with E-state index in [0.29, 0.717) is 0 Å². The molecule has 3 aromatic rings. The predicted molar refractivity (Wildman–Crippen MR) is 153 cm³/mol. The Morgan fingerprint density at radius 3 is 2.47 bits per heavy atom. The maximum atomic E-state index is 13.9. The molecule has 1 heterocycles. The average Bonchev–Trinajstić information content (AvgIpc) is 3.23. The highest BCUT2D eigenvalue weighted by atomic mass is 35.5. The van der Waals surface area contributed by atoms with Gasteiger partial charge in [-0.3, -0.25) is 4.99 Å². The molecule has 0 fully saturated rings. The van der Waals surface area contributed by atoms with Gasteiger partial charge in [-0.15, -0.1) is 0 Å². The van der Waals surface area contributed by atoms with Crippen LogP contribution in [0.3, 0.4) is 0 Å². The summed E-state index contributed by atoms with van der Waals surface area (Å²) in [4.78, 5) is 7.33. The monoisotopic (exact) mass is 510 g/mol. The molecule has 0 radical (unpaired) electrons. The molecule has 0 amide bonds. The van der Waals surface area contributed by atoms with E-state index in [0.717, 1.165) is 53.5 Å². The van der Waals surface area contributed by atoms with Gasteiger partial charge in [0.1, 0.15) is 11.6 Å². The fraction of sp³-hybridized carbons (Fsp3) is 0.323. The Balaban J connectivity index is 0.000000352. The summed E-state index contributed by atoms with van der Waals surface area (Å²) < 4.78 is 26.3. The minimum absolute atomic E-state index is 0.179. The van der Waals surface area contributed by atoms with Crippen LogP contribution >= 0.6 is 11.6 Å². The molecule has 192 valence electrons. The maximum absolute atomic E-state index is 13.9. The molecule has 36 heavy (non-hydrogen) atoms. The van der Waals surface area contributed by atoms with Crippen LogP contribution < -0.4 is 0 Å². The zero-order valence-electron chi connectivity index (χ0n) is 22.0. The number of nitrogens with zero attached hydrogens (tertiary/aromatic N) is 1. The molecule has 3 rings (SSSR count). The van der Waals surface area contributed by atoms with Gasteiger partial charge in [-0.05, 0) is 61.9 Å². The van der Waals surface area contributed by atoms with Crippen molar-refractivity contribution in [2.24, 2.45) is 4.99 Å². The topological polar surface area (TPSA) is 28.1 Å². The van der Waals surface area contributed by atoms with E-state index in [9.17, 15) is 8.78 Å². The Bertz CT molecular complexity index is 1230. The second-order valence-corrected chi connectivity index (χ2v) is 9.12. The third kappa shape index (κ3) is 8.03. The Hall–Kier alpha value is -2.98. The molecule has 1 atom stereocenters. The quantitative estimate of drug-likeness (QED) is 0.277. The lowest BCUT2D eigenvalue weighted by Gasteiger charge is -2.14. The van der Waals surface area contributed by atoms with Crippen molar-refractivity contribution in [1.29, 1.82) is 0 Å². The number of nitrogens with one attached hydrogen (secondary N) is 1. The van der Waals surface area contributed by atoms with Gasteiger partial charge in [-0.2, -0.15) is 0 Å². The first-order chi connectivity index (χ1) is 17.2.